The molecule has 4 N–H and O–H groups in total. The summed E-state index contributed by atoms with van der Waals surface area (Å²) in [4.78, 5) is 21.6. The smallest absolute Gasteiger partial charge is 0.270 e. The van der Waals surface area contributed by atoms with Gasteiger partial charge < -0.3 is 16.2 Å². The summed E-state index contributed by atoms with van der Waals surface area (Å²) >= 11 is 0. The second-order valence-corrected chi connectivity index (χ2v) is 5.51. The van der Waals surface area contributed by atoms with Crippen LogP contribution in [0.1, 0.15) is 42.5 Å². The number of hydrogen-bond donors (Lipinski definition) is 2. The molecule has 0 unspecified atom stereocenters. The molecule has 1 aromatic carbocycles. The predicted molar refractivity (Wildman–Crippen MR) is 77.1 cm³/mol. The van der Waals surface area contributed by atoms with E-state index in [4.69, 9.17) is 16.2 Å². The van der Waals surface area contributed by atoms with Crippen LogP contribution in [0.5, 0.6) is 5.75 Å². The van der Waals surface area contributed by atoms with Crippen molar-refractivity contribution in [2.45, 2.75) is 37.6 Å². The van der Waals surface area contributed by atoms with E-state index in [-0.39, 0.29) is 23.6 Å². The average molecular weight is 293 g/mol. The third-order valence-electron chi connectivity index (χ3n) is 3.80. The first-order chi connectivity index (χ1) is 9.91. The molecule has 1 amide bonds. The molecule has 0 bridgehead atoms. The maximum absolute atomic E-state index is 11.4. The largest absolute Gasteiger partial charge is 0.491 e. The number of amides is 1. The Morgan fingerprint density at radius 1 is 1.33 bits per heavy atom. The molecule has 0 aliphatic heterocycles. The molecule has 1 saturated carbocycles. The first-order valence-electron chi connectivity index (χ1n) is 6.91. The fraction of sp³-hybridized carbons (Fsp3) is 0.500. The lowest BCUT2D eigenvalue weighted by molar-refractivity contribution is -0.384. The van der Waals surface area contributed by atoms with Crippen molar-refractivity contribution in [3.8, 4) is 5.75 Å². The second-order valence-electron chi connectivity index (χ2n) is 5.51. The number of carbonyl (C=O) groups is 1. The quantitative estimate of drug-likeness (QED) is 0.632. The van der Waals surface area contributed by atoms with Crippen molar-refractivity contribution >= 4 is 11.6 Å². The van der Waals surface area contributed by atoms with E-state index in [1.165, 1.54) is 18.6 Å². The SMILES string of the molecule is NC(=O)c1cc([N+](=O)[O-])ccc1OCC1(N)CCCCC1. The Morgan fingerprint density at radius 2 is 2.00 bits per heavy atom. The van der Waals surface area contributed by atoms with Crippen LogP contribution in [0.15, 0.2) is 18.2 Å². The number of nitrogens with two attached hydrogens (primary N) is 2. The van der Waals surface area contributed by atoms with Crippen molar-refractivity contribution in [2.75, 3.05) is 6.61 Å². The molecule has 1 aromatic rings. The Balaban J connectivity index is 2.15. The molecule has 0 heterocycles. The number of nitrogens with zero attached hydrogens (tertiary/aromatic N) is 1. The Morgan fingerprint density at radius 3 is 2.57 bits per heavy atom. The maximum Gasteiger partial charge on any atom is 0.270 e. The van der Waals surface area contributed by atoms with Gasteiger partial charge in [0.1, 0.15) is 12.4 Å². The fourth-order valence-corrected chi connectivity index (χ4v) is 2.57. The van der Waals surface area contributed by atoms with Crippen molar-refractivity contribution < 1.29 is 14.5 Å². The highest BCUT2D eigenvalue weighted by molar-refractivity contribution is 5.96. The van der Waals surface area contributed by atoms with Gasteiger partial charge in [0.05, 0.1) is 16.0 Å². The summed E-state index contributed by atoms with van der Waals surface area (Å²) in [5.41, 5.74) is 10.9. The summed E-state index contributed by atoms with van der Waals surface area (Å²) in [7, 11) is 0. The Kier molecular flexibility index (Phi) is 4.42. The van der Waals surface area contributed by atoms with E-state index >= 15 is 0 Å². The van der Waals surface area contributed by atoms with Gasteiger partial charge in [-0.25, -0.2) is 0 Å². The van der Waals surface area contributed by atoms with E-state index in [0.717, 1.165) is 31.7 Å². The lowest BCUT2D eigenvalue weighted by atomic mass is 9.83. The lowest BCUT2D eigenvalue weighted by Crippen LogP contribution is -2.47. The van der Waals surface area contributed by atoms with Crippen LogP contribution < -0.4 is 16.2 Å². The zero-order valence-electron chi connectivity index (χ0n) is 11.7. The molecule has 1 fully saturated rings. The summed E-state index contributed by atoms with van der Waals surface area (Å²) in [6.45, 7) is 0.269. The van der Waals surface area contributed by atoms with Crippen molar-refractivity contribution in [1.82, 2.24) is 0 Å². The molecule has 0 saturated heterocycles. The van der Waals surface area contributed by atoms with Gasteiger partial charge in [-0.05, 0) is 18.9 Å². The summed E-state index contributed by atoms with van der Waals surface area (Å²) in [5, 5.41) is 10.7. The summed E-state index contributed by atoms with van der Waals surface area (Å²) < 4.78 is 5.63. The van der Waals surface area contributed by atoms with Crippen LogP contribution in [0, 0.1) is 10.1 Å². The first kappa shape index (κ1) is 15.2. The molecule has 0 atom stereocenters. The number of nitro benzene ring substituents is 1. The van der Waals surface area contributed by atoms with Crippen LogP contribution in [0.4, 0.5) is 5.69 Å². The van der Waals surface area contributed by atoms with Crippen molar-refractivity contribution in [3.63, 3.8) is 0 Å². The molecule has 7 heteroatoms. The van der Waals surface area contributed by atoms with Gasteiger partial charge in [0.25, 0.3) is 11.6 Å². The Bertz CT molecular complexity index is 553. The fourth-order valence-electron chi connectivity index (χ4n) is 2.57. The minimum atomic E-state index is -0.761. The standard InChI is InChI=1S/C14H19N3O4/c15-13(18)11-8-10(17(19)20)4-5-12(11)21-9-14(16)6-2-1-3-7-14/h4-5,8H,1-3,6-7,9,16H2,(H2,15,18). The van der Waals surface area contributed by atoms with Crippen LogP contribution in [-0.2, 0) is 0 Å². The highest BCUT2D eigenvalue weighted by Gasteiger charge is 2.29. The zero-order chi connectivity index (χ0) is 15.5. The van der Waals surface area contributed by atoms with Gasteiger partial charge in [0.2, 0.25) is 0 Å². The van der Waals surface area contributed by atoms with Gasteiger partial charge in [-0.2, -0.15) is 0 Å². The number of carbonyl (C=O) groups excluding carboxylic acids is 1. The predicted octanol–water partition coefficient (Wildman–Crippen LogP) is 1.73. The molecule has 1 aliphatic carbocycles. The summed E-state index contributed by atoms with van der Waals surface area (Å²) in [5.74, 6) is -0.521. The molecule has 0 spiro atoms. The maximum atomic E-state index is 11.4. The highest BCUT2D eigenvalue weighted by Crippen LogP contribution is 2.29. The highest BCUT2D eigenvalue weighted by atomic mass is 16.6. The molecule has 2 rings (SSSR count). The van der Waals surface area contributed by atoms with Gasteiger partial charge >= 0.3 is 0 Å². The Hall–Kier alpha value is -2.15. The first-order valence-corrected chi connectivity index (χ1v) is 6.91. The van der Waals surface area contributed by atoms with Gasteiger partial charge in [0.15, 0.2) is 0 Å². The summed E-state index contributed by atoms with van der Waals surface area (Å²) in [6.07, 6.45) is 5.02. The molecule has 7 nitrogen and oxygen atoms in total. The van der Waals surface area contributed by atoms with Crippen molar-refractivity contribution in [2.24, 2.45) is 11.5 Å². The molecule has 114 valence electrons. The van der Waals surface area contributed by atoms with Gasteiger partial charge in [-0.15, -0.1) is 0 Å². The topological polar surface area (TPSA) is 121 Å². The van der Waals surface area contributed by atoms with E-state index < -0.39 is 16.4 Å². The number of rotatable bonds is 5. The number of nitro groups is 1. The molecule has 0 aromatic heterocycles. The average Bonchev–Trinajstić information content (AvgIpc) is 2.45. The van der Waals surface area contributed by atoms with Gasteiger partial charge in [0, 0.05) is 12.1 Å². The van der Waals surface area contributed by atoms with E-state index in [1.54, 1.807) is 0 Å². The number of benzene rings is 1. The van der Waals surface area contributed by atoms with Gasteiger partial charge in [-0.1, -0.05) is 19.3 Å². The van der Waals surface area contributed by atoms with Crippen LogP contribution in [0.25, 0.3) is 0 Å². The van der Waals surface area contributed by atoms with Crippen molar-refractivity contribution in [3.05, 3.63) is 33.9 Å². The molecule has 0 radical (unpaired) electrons. The normalized spacial score (nSPS) is 17.2. The number of hydrogen-bond acceptors (Lipinski definition) is 5. The summed E-state index contributed by atoms with van der Waals surface area (Å²) in [6, 6.07) is 3.80. The van der Waals surface area contributed by atoms with E-state index in [2.05, 4.69) is 0 Å². The molecular formula is C14H19N3O4. The third-order valence-corrected chi connectivity index (χ3v) is 3.80. The minimum absolute atomic E-state index is 0.00334. The van der Waals surface area contributed by atoms with E-state index in [0.29, 0.717) is 0 Å². The number of non-ortho nitro benzene ring substituents is 1. The van der Waals surface area contributed by atoms with Crippen molar-refractivity contribution in [1.29, 1.82) is 0 Å². The van der Waals surface area contributed by atoms with E-state index in [9.17, 15) is 14.9 Å². The van der Waals surface area contributed by atoms with Crippen LogP contribution in [0.3, 0.4) is 0 Å². The van der Waals surface area contributed by atoms with Crippen LogP contribution >= 0.6 is 0 Å². The number of primary amides is 1. The molecule has 21 heavy (non-hydrogen) atoms. The molecule has 1 aliphatic rings. The Labute approximate surface area is 122 Å². The van der Waals surface area contributed by atoms with Crippen LogP contribution in [0.2, 0.25) is 0 Å². The lowest BCUT2D eigenvalue weighted by Gasteiger charge is -2.33. The van der Waals surface area contributed by atoms with Crippen LogP contribution in [-0.4, -0.2) is 23.0 Å². The minimum Gasteiger partial charge on any atom is -0.491 e. The van der Waals surface area contributed by atoms with E-state index in [1.807, 2.05) is 0 Å². The van der Waals surface area contributed by atoms with Gasteiger partial charge in [-0.3, -0.25) is 14.9 Å². The third kappa shape index (κ3) is 3.69. The zero-order valence-corrected chi connectivity index (χ0v) is 11.7. The molecular weight excluding hydrogens is 274 g/mol. The number of ether oxygens (including phenoxy) is 1. The second kappa shape index (κ2) is 6.09. The monoisotopic (exact) mass is 293 g/mol.